The van der Waals surface area contributed by atoms with Crippen molar-refractivity contribution in [1.82, 2.24) is 10.6 Å². The third-order valence-electron chi connectivity index (χ3n) is 2.38. The Labute approximate surface area is 112 Å². The number of hydrogen-bond donors (Lipinski definition) is 2. The lowest BCUT2D eigenvalue weighted by molar-refractivity contribution is -0.139. The lowest BCUT2D eigenvalue weighted by Gasteiger charge is -2.06. The van der Waals surface area contributed by atoms with Gasteiger partial charge in [-0.2, -0.15) is 0 Å². The molecule has 0 aliphatic carbocycles. The fourth-order valence-corrected chi connectivity index (χ4v) is 1.45. The van der Waals surface area contributed by atoms with Crippen LogP contribution in [0.5, 0.6) is 0 Å². The van der Waals surface area contributed by atoms with E-state index < -0.39 is 11.8 Å². The number of aryl methyl sites for hydroxylation is 1. The van der Waals surface area contributed by atoms with E-state index in [0.717, 1.165) is 11.1 Å². The van der Waals surface area contributed by atoms with Gasteiger partial charge in [0.15, 0.2) is 0 Å². The van der Waals surface area contributed by atoms with Crippen LogP contribution in [0.2, 0.25) is 0 Å². The van der Waals surface area contributed by atoms with E-state index in [1.807, 2.05) is 31.2 Å². The Bertz CT molecular complexity index is 404. The summed E-state index contributed by atoms with van der Waals surface area (Å²) in [4.78, 5) is 22.7. The summed E-state index contributed by atoms with van der Waals surface area (Å²) >= 11 is 5.47. The molecule has 5 heteroatoms. The van der Waals surface area contributed by atoms with Crippen molar-refractivity contribution in [3.05, 3.63) is 35.4 Å². The van der Waals surface area contributed by atoms with E-state index in [0.29, 0.717) is 25.4 Å². The van der Waals surface area contributed by atoms with Gasteiger partial charge in [0.25, 0.3) is 0 Å². The predicted molar refractivity (Wildman–Crippen MR) is 71.4 cm³/mol. The largest absolute Gasteiger partial charge is 0.348 e. The molecule has 1 aromatic rings. The minimum atomic E-state index is -0.620. The van der Waals surface area contributed by atoms with E-state index in [1.54, 1.807) is 0 Å². The Hall–Kier alpha value is -1.55. The molecule has 1 rings (SSSR count). The molecule has 0 spiro atoms. The van der Waals surface area contributed by atoms with E-state index in [-0.39, 0.29) is 0 Å². The lowest BCUT2D eigenvalue weighted by Crippen LogP contribution is -2.40. The number of halogens is 1. The lowest BCUT2D eigenvalue weighted by atomic mass is 10.1. The summed E-state index contributed by atoms with van der Waals surface area (Å²) in [5, 5.41) is 5.05. The van der Waals surface area contributed by atoms with Crippen LogP contribution < -0.4 is 10.6 Å². The van der Waals surface area contributed by atoms with Crippen LogP contribution in [-0.4, -0.2) is 24.2 Å². The molecule has 0 fully saturated rings. The molecular weight excluding hydrogens is 252 g/mol. The van der Waals surface area contributed by atoms with Crippen molar-refractivity contribution in [1.29, 1.82) is 0 Å². The summed E-state index contributed by atoms with van der Waals surface area (Å²) in [6.45, 7) is 2.76. The second-order valence-electron chi connectivity index (χ2n) is 3.97. The molecule has 0 radical (unpaired) electrons. The van der Waals surface area contributed by atoms with Gasteiger partial charge in [-0.25, -0.2) is 0 Å². The van der Waals surface area contributed by atoms with E-state index in [1.165, 1.54) is 0 Å². The van der Waals surface area contributed by atoms with Gasteiger partial charge in [0, 0.05) is 19.0 Å². The average Bonchev–Trinajstić information content (AvgIpc) is 2.38. The van der Waals surface area contributed by atoms with Crippen molar-refractivity contribution in [2.45, 2.75) is 19.9 Å². The number of benzene rings is 1. The van der Waals surface area contributed by atoms with Crippen LogP contribution in [0.15, 0.2) is 24.3 Å². The standard InChI is InChI=1S/C13H17ClN2O2/c1-10-3-5-11(6-4-10)9-16-13(18)12(17)15-8-2-7-14/h3-6H,2,7-9H2,1H3,(H,15,17)(H,16,18). The molecule has 1 aromatic carbocycles. The first-order chi connectivity index (χ1) is 8.63. The van der Waals surface area contributed by atoms with Gasteiger partial charge in [0.05, 0.1) is 0 Å². The first kappa shape index (κ1) is 14.5. The number of rotatable bonds is 5. The molecule has 0 aromatic heterocycles. The van der Waals surface area contributed by atoms with Gasteiger partial charge < -0.3 is 10.6 Å². The van der Waals surface area contributed by atoms with Gasteiger partial charge in [-0.05, 0) is 18.9 Å². The number of alkyl halides is 1. The van der Waals surface area contributed by atoms with Gasteiger partial charge in [0.1, 0.15) is 0 Å². The second-order valence-corrected chi connectivity index (χ2v) is 4.34. The van der Waals surface area contributed by atoms with Crippen LogP contribution in [0.25, 0.3) is 0 Å². The molecule has 0 saturated carbocycles. The van der Waals surface area contributed by atoms with Crippen molar-refractivity contribution >= 4 is 23.4 Å². The highest BCUT2D eigenvalue weighted by Crippen LogP contribution is 2.02. The van der Waals surface area contributed by atoms with E-state index in [2.05, 4.69) is 10.6 Å². The molecule has 0 aliphatic rings. The summed E-state index contributed by atoms with van der Waals surface area (Å²) in [6.07, 6.45) is 0.651. The Balaban J connectivity index is 2.32. The number of carbonyl (C=O) groups excluding carboxylic acids is 2. The van der Waals surface area contributed by atoms with Crippen molar-refractivity contribution in [2.75, 3.05) is 12.4 Å². The van der Waals surface area contributed by atoms with Crippen LogP contribution in [-0.2, 0) is 16.1 Å². The first-order valence-electron chi connectivity index (χ1n) is 5.81. The monoisotopic (exact) mass is 268 g/mol. The van der Waals surface area contributed by atoms with Crippen LogP contribution in [0.3, 0.4) is 0 Å². The summed E-state index contributed by atoms with van der Waals surface area (Å²) < 4.78 is 0. The van der Waals surface area contributed by atoms with E-state index >= 15 is 0 Å². The topological polar surface area (TPSA) is 58.2 Å². The van der Waals surface area contributed by atoms with E-state index in [4.69, 9.17) is 11.6 Å². The zero-order valence-electron chi connectivity index (χ0n) is 10.3. The van der Waals surface area contributed by atoms with Crippen molar-refractivity contribution in [3.63, 3.8) is 0 Å². The molecule has 0 saturated heterocycles. The third kappa shape index (κ3) is 5.19. The van der Waals surface area contributed by atoms with Gasteiger partial charge in [0.2, 0.25) is 0 Å². The summed E-state index contributed by atoms with van der Waals surface area (Å²) in [6, 6.07) is 7.76. The molecule has 18 heavy (non-hydrogen) atoms. The molecule has 0 aliphatic heterocycles. The summed E-state index contributed by atoms with van der Waals surface area (Å²) in [5.41, 5.74) is 2.12. The maximum Gasteiger partial charge on any atom is 0.309 e. The first-order valence-corrected chi connectivity index (χ1v) is 6.34. The smallest absolute Gasteiger partial charge is 0.309 e. The average molecular weight is 269 g/mol. The molecule has 0 heterocycles. The zero-order chi connectivity index (χ0) is 13.4. The Morgan fingerprint density at radius 1 is 1.11 bits per heavy atom. The molecule has 2 amide bonds. The summed E-state index contributed by atoms with van der Waals surface area (Å²) in [5.74, 6) is -0.775. The Kier molecular flexibility index (Phi) is 6.22. The fourth-order valence-electron chi connectivity index (χ4n) is 1.32. The maximum absolute atomic E-state index is 11.4. The quantitative estimate of drug-likeness (QED) is 0.481. The van der Waals surface area contributed by atoms with Gasteiger partial charge in [-0.15, -0.1) is 11.6 Å². The fraction of sp³-hybridized carbons (Fsp3) is 0.385. The van der Waals surface area contributed by atoms with Gasteiger partial charge >= 0.3 is 11.8 Å². The molecule has 98 valence electrons. The molecule has 4 nitrogen and oxygen atoms in total. The molecule has 0 atom stereocenters. The van der Waals surface area contributed by atoms with Gasteiger partial charge in [-0.3, -0.25) is 9.59 Å². The van der Waals surface area contributed by atoms with Crippen LogP contribution in [0.4, 0.5) is 0 Å². The SMILES string of the molecule is Cc1ccc(CNC(=O)C(=O)NCCCCl)cc1. The van der Waals surface area contributed by atoms with Crippen molar-refractivity contribution < 1.29 is 9.59 Å². The highest BCUT2D eigenvalue weighted by Gasteiger charge is 2.11. The number of hydrogen-bond acceptors (Lipinski definition) is 2. The van der Waals surface area contributed by atoms with Gasteiger partial charge in [-0.1, -0.05) is 29.8 Å². The minimum Gasteiger partial charge on any atom is -0.348 e. The highest BCUT2D eigenvalue weighted by atomic mass is 35.5. The zero-order valence-corrected chi connectivity index (χ0v) is 11.1. The molecule has 0 unspecified atom stereocenters. The predicted octanol–water partition coefficient (Wildman–Crippen LogP) is 1.36. The van der Waals surface area contributed by atoms with Crippen LogP contribution >= 0.6 is 11.6 Å². The van der Waals surface area contributed by atoms with Crippen molar-refractivity contribution in [3.8, 4) is 0 Å². The maximum atomic E-state index is 11.4. The minimum absolute atomic E-state index is 0.349. The Morgan fingerprint density at radius 2 is 1.72 bits per heavy atom. The van der Waals surface area contributed by atoms with E-state index in [9.17, 15) is 9.59 Å². The number of amides is 2. The van der Waals surface area contributed by atoms with Crippen molar-refractivity contribution in [2.24, 2.45) is 0 Å². The van der Waals surface area contributed by atoms with Crippen LogP contribution in [0.1, 0.15) is 17.5 Å². The van der Waals surface area contributed by atoms with Crippen LogP contribution in [0, 0.1) is 6.92 Å². The molecular formula is C13H17ClN2O2. The number of carbonyl (C=O) groups is 2. The normalized spacial score (nSPS) is 9.89. The molecule has 2 N–H and O–H groups in total. The third-order valence-corrected chi connectivity index (χ3v) is 2.64. The number of nitrogens with one attached hydrogen (secondary N) is 2. The highest BCUT2D eigenvalue weighted by molar-refractivity contribution is 6.35. The Morgan fingerprint density at radius 3 is 2.33 bits per heavy atom. The molecule has 0 bridgehead atoms. The summed E-state index contributed by atoms with van der Waals surface area (Å²) in [7, 11) is 0. The second kappa shape index (κ2) is 7.71.